The van der Waals surface area contributed by atoms with Crippen LogP contribution < -0.4 is 20.1 Å². The highest BCUT2D eigenvalue weighted by Crippen LogP contribution is 2.36. The maximum Gasteiger partial charge on any atom is 0.417 e. The van der Waals surface area contributed by atoms with Crippen LogP contribution in [0.15, 0.2) is 36.8 Å². The summed E-state index contributed by atoms with van der Waals surface area (Å²) in [5.41, 5.74) is -0.703. The first-order valence-corrected chi connectivity index (χ1v) is 9.95. The number of hydrogen-bond donors (Lipinski definition) is 2. The summed E-state index contributed by atoms with van der Waals surface area (Å²) >= 11 is 5.88. The van der Waals surface area contributed by atoms with E-state index >= 15 is 0 Å². The van der Waals surface area contributed by atoms with Gasteiger partial charge in [0.1, 0.15) is 6.33 Å². The Hall–Kier alpha value is -3.87. The molecule has 0 atom stereocenters. The third kappa shape index (κ3) is 5.73. The molecule has 2 heterocycles. The number of pyridine rings is 1. The van der Waals surface area contributed by atoms with E-state index in [-0.39, 0.29) is 29.0 Å². The molecule has 3 rings (SSSR count). The molecule has 0 fully saturated rings. The van der Waals surface area contributed by atoms with Crippen molar-refractivity contribution in [2.75, 3.05) is 31.4 Å². The number of nitrogens with zero attached hydrogens (tertiary/aromatic N) is 4. The zero-order valence-corrected chi connectivity index (χ0v) is 18.6. The fraction of sp³-hybridized carbons (Fsp3) is 0.250. The molecule has 3 aromatic rings. The molecule has 0 unspecified atom stereocenters. The Balaban J connectivity index is 1.79. The molecule has 10 nitrogen and oxygen atoms in total. The Bertz CT molecular complexity index is 1200. The molecule has 0 aliphatic carbocycles. The summed E-state index contributed by atoms with van der Waals surface area (Å²) in [5.74, 6) is 0.499. The van der Waals surface area contributed by atoms with Crippen LogP contribution in [0.5, 0.6) is 11.5 Å². The van der Waals surface area contributed by atoms with Crippen LogP contribution in [0.4, 0.5) is 36.3 Å². The number of halogens is 4. The zero-order chi connectivity index (χ0) is 24.9. The Morgan fingerprint density at radius 2 is 1.76 bits per heavy atom. The van der Waals surface area contributed by atoms with Gasteiger partial charge in [-0.15, -0.1) is 0 Å². The van der Waals surface area contributed by atoms with Crippen molar-refractivity contribution in [2.24, 2.45) is 0 Å². The average Bonchev–Trinajstić information content (AvgIpc) is 2.79. The lowest BCUT2D eigenvalue weighted by molar-refractivity contribution is -0.383. The first-order chi connectivity index (χ1) is 16.1. The lowest BCUT2D eigenvalue weighted by Crippen LogP contribution is -2.11. The summed E-state index contributed by atoms with van der Waals surface area (Å²) in [6, 6.07) is 6.00. The van der Waals surface area contributed by atoms with Crippen LogP contribution in [0.25, 0.3) is 0 Å². The van der Waals surface area contributed by atoms with Crippen molar-refractivity contribution in [3.63, 3.8) is 0 Å². The summed E-state index contributed by atoms with van der Waals surface area (Å²) < 4.78 is 48.9. The van der Waals surface area contributed by atoms with E-state index < -0.39 is 22.4 Å². The van der Waals surface area contributed by atoms with Crippen molar-refractivity contribution < 1.29 is 27.6 Å². The highest BCUT2D eigenvalue weighted by Gasteiger charge is 2.32. The third-order valence-electron chi connectivity index (χ3n) is 4.56. The van der Waals surface area contributed by atoms with Gasteiger partial charge in [-0.25, -0.2) is 15.0 Å². The Labute approximate surface area is 196 Å². The van der Waals surface area contributed by atoms with Crippen molar-refractivity contribution >= 4 is 34.7 Å². The fourth-order valence-electron chi connectivity index (χ4n) is 2.93. The number of aromatic nitrogens is 3. The van der Waals surface area contributed by atoms with Crippen molar-refractivity contribution in [2.45, 2.75) is 12.6 Å². The van der Waals surface area contributed by atoms with Crippen LogP contribution in [0.3, 0.4) is 0 Å². The van der Waals surface area contributed by atoms with Crippen LogP contribution in [-0.2, 0) is 12.6 Å². The molecule has 0 radical (unpaired) electrons. The minimum absolute atomic E-state index is 0.0917. The normalized spacial score (nSPS) is 11.1. The van der Waals surface area contributed by atoms with Crippen LogP contribution >= 0.6 is 11.6 Å². The van der Waals surface area contributed by atoms with Gasteiger partial charge >= 0.3 is 11.9 Å². The van der Waals surface area contributed by atoms with Gasteiger partial charge in [-0.2, -0.15) is 13.2 Å². The van der Waals surface area contributed by atoms with Crippen LogP contribution in [0.1, 0.15) is 11.1 Å². The Morgan fingerprint density at radius 3 is 2.38 bits per heavy atom. The molecule has 0 amide bonds. The monoisotopic (exact) mass is 498 g/mol. The summed E-state index contributed by atoms with van der Waals surface area (Å²) in [7, 11) is 3.03. The van der Waals surface area contributed by atoms with Gasteiger partial charge in [0.05, 0.1) is 29.7 Å². The molecular weight excluding hydrogens is 481 g/mol. The minimum atomic E-state index is -4.64. The molecule has 0 saturated carbocycles. The molecule has 2 aromatic heterocycles. The van der Waals surface area contributed by atoms with E-state index in [2.05, 4.69) is 25.6 Å². The van der Waals surface area contributed by atoms with Gasteiger partial charge in [0.15, 0.2) is 17.3 Å². The zero-order valence-electron chi connectivity index (χ0n) is 17.8. The summed E-state index contributed by atoms with van der Waals surface area (Å²) in [4.78, 5) is 22.3. The molecule has 0 bridgehead atoms. The second-order valence-corrected chi connectivity index (χ2v) is 7.13. The number of nitro groups is 1. The Morgan fingerprint density at radius 1 is 1.06 bits per heavy atom. The van der Waals surface area contributed by atoms with Crippen LogP contribution in [-0.4, -0.2) is 40.6 Å². The number of hydrogen-bond acceptors (Lipinski definition) is 9. The average molecular weight is 499 g/mol. The fourth-order valence-corrected chi connectivity index (χ4v) is 3.14. The van der Waals surface area contributed by atoms with Gasteiger partial charge in [-0.05, 0) is 30.2 Å². The summed E-state index contributed by atoms with van der Waals surface area (Å²) in [6.45, 7) is 0.270. The second-order valence-electron chi connectivity index (χ2n) is 6.72. The smallest absolute Gasteiger partial charge is 0.417 e. The van der Waals surface area contributed by atoms with Crippen LogP contribution in [0, 0.1) is 10.1 Å². The number of ether oxygens (including phenoxy) is 2. The van der Waals surface area contributed by atoms with Gasteiger partial charge in [0.2, 0.25) is 11.6 Å². The predicted molar refractivity (Wildman–Crippen MR) is 118 cm³/mol. The first-order valence-electron chi connectivity index (χ1n) is 9.58. The van der Waals surface area contributed by atoms with Gasteiger partial charge in [0.25, 0.3) is 0 Å². The summed E-state index contributed by atoms with van der Waals surface area (Å²) in [6.07, 6.45) is -2.55. The van der Waals surface area contributed by atoms with E-state index in [0.29, 0.717) is 30.2 Å². The van der Waals surface area contributed by atoms with E-state index in [4.69, 9.17) is 21.1 Å². The Kier molecular flexibility index (Phi) is 7.56. The van der Waals surface area contributed by atoms with Crippen molar-refractivity contribution in [1.29, 1.82) is 0 Å². The van der Waals surface area contributed by atoms with Crippen molar-refractivity contribution in [1.82, 2.24) is 15.0 Å². The molecule has 1 aromatic carbocycles. The molecule has 34 heavy (non-hydrogen) atoms. The maximum absolute atomic E-state index is 12.8. The molecule has 180 valence electrons. The van der Waals surface area contributed by atoms with E-state index in [0.717, 1.165) is 11.9 Å². The molecule has 2 N–H and O–H groups in total. The molecule has 0 spiro atoms. The highest BCUT2D eigenvalue weighted by molar-refractivity contribution is 6.33. The van der Waals surface area contributed by atoms with Gasteiger partial charge < -0.3 is 20.1 Å². The van der Waals surface area contributed by atoms with E-state index in [1.165, 1.54) is 14.2 Å². The number of anilines is 3. The molecular formula is C20H18ClF3N6O4. The highest BCUT2D eigenvalue weighted by atomic mass is 35.5. The lowest BCUT2D eigenvalue weighted by atomic mass is 10.1. The van der Waals surface area contributed by atoms with Gasteiger partial charge in [-0.1, -0.05) is 17.7 Å². The van der Waals surface area contributed by atoms with Crippen molar-refractivity contribution in [3.8, 4) is 11.5 Å². The second kappa shape index (κ2) is 10.4. The molecule has 0 aliphatic heterocycles. The number of rotatable bonds is 9. The maximum atomic E-state index is 12.8. The third-order valence-corrected chi connectivity index (χ3v) is 4.85. The minimum Gasteiger partial charge on any atom is -0.493 e. The first kappa shape index (κ1) is 24.8. The molecule has 0 saturated heterocycles. The predicted octanol–water partition coefficient (Wildman–Crippen LogP) is 4.87. The van der Waals surface area contributed by atoms with E-state index in [1.807, 2.05) is 6.07 Å². The number of benzene rings is 1. The van der Waals surface area contributed by atoms with Gasteiger partial charge in [-0.3, -0.25) is 10.1 Å². The van der Waals surface area contributed by atoms with Crippen molar-refractivity contribution in [3.05, 3.63) is 63.1 Å². The number of methoxy groups -OCH3 is 2. The van der Waals surface area contributed by atoms with Gasteiger partial charge in [0, 0.05) is 12.7 Å². The topological polar surface area (TPSA) is 124 Å². The quantitative estimate of drug-likeness (QED) is 0.314. The van der Waals surface area contributed by atoms with Crippen LogP contribution in [0.2, 0.25) is 5.02 Å². The summed E-state index contributed by atoms with van der Waals surface area (Å²) in [5, 5.41) is 16.7. The number of nitrogens with one attached hydrogen (secondary N) is 2. The van der Waals surface area contributed by atoms with E-state index in [9.17, 15) is 23.3 Å². The molecule has 0 aliphatic rings. The lowest BCUT2D eigenvalue weighted by Gasteiger charge is -2.12. The van der Waals surface area contributed by atoms with E-state index in [1.54, 1.807) is 12.1 Å². The number of alkyl halides is 3. The SMILES string of the molecule is COc1ccc(CCNc2ncnc(Nc3ncc(C(F)(F)F)cc3Cl)c2[N+](=O)[O-])cc1OC. The standard InChI is InChI=1S/C20H18ClF3N6O4/c1-33-14-4-3-11(7-15(14)34-2)5-6-25-18-16(30(31)32)19(28-10-27-18)29-17-13(21)8-12(9-26-17)20(22,23)24/h3-4,7-10H,5-6H2,1-2H3,(H2,25,26,27,28,29). The largest absolute Gasteiger partial charge is 0.493 e. The molecule has 14 heteroatoms.